The molecule has 1 aliphatic heterocycles. The summed E-state index contributed by atoms with van der Waals surface area (Å²) in [6, 6.07) is 0. The molecule has 16 rings (SSSR count). The Morgan fingerprint density at radius 2 is 0.876 bits per heavy atom. The maximum atomic E-state index is 11.6. The van der Waals surface area contributed by atoms with E-state index in [9.17, 15) is 55.7 Å². The Bertz CT molecular complexity index is 3300. The second-order valence-electron chi connectivity index (χ2n) is 37.8. The minimum absolute atomic E-state index is 0. The van der Waals surface area contributed by atoms with E-state index in [1.165, 1.54) is 126 Å². The summed E-state index contributed by atoms with van der Waals surface area (Å²) in [5.41, 5.74) is 12.9. The number of carbonyl (C=O) groups excluding carboxylic acids is 5. The number of allylic oxidation sites excluding steroid dienone is 1. The van der Waals surface area contributed by atoms with Gasteiger partial charge in [-0.15, -0.1) is 12.4 Å². The van der Waals surface area contributed by atoms with Crippen LogP contribution in [0.3, 0.4) is 0 Å². The highest BCUT2D eigenvalue weighted by atomic mass is 79.9. The maximum absolute atomic E-state index is 11.6. The molecule has 0 aromatic carbocycles. The van der Waals surface area contributed by atoms with Crippen molar-refractivity contribution in [3.63, 3.8) is 0 Å². The van der Waals surface area contributed by atoms with Crippen molar-refractivity contribution in [2.75, 3.05) is 95.6 Å². The van der Waals surface area contributed by atoms with Crippen molar-refractivity contribution in [1.29, 1.82) is 0 Å². The van der Waals surface area contributed by atoms with Crippen LogP contribution in [0.5, 0.6) is 0 Å². The third kappa shape index (κ3) is 35.4. The monoisotopic (exact) mass is 1880 g/mol. The second-order valence-corrected chi connectivity index (χ2v) is 42.4. The lowest BCUT2D eigenvalue weighted by Gasteiger charge is -2.35. The van der Waals surface area contributed by atoms with E-state index in [1.807, 2.05) is 13.8 Å². The molecule has 9 radical (unpaired) electrons. The number of alkyl halides is 2. The molecular formula is C85H149B7Br2ClN4O20S2. The fourth-order valence-corrected chi connectivity index (χ4v) is 23.8. The Balaban J connectivity index is 0.000000350. The molecule has 15 aliphatic carbocycles. The third-order valence-corrected chi connectivity index (χ3v) is 32.4. The summed E-state index contributed by atoms with van der Waals surface area (Å²) in [6.45, 7) is 9.56. The van der Waals surface area contributed by atoms with Gasteiger partial charge < -0.3 is 46.3 Å². The van der Waals surface area contributed by atoms with E-state index >= 15 is 0 Å². The van der Waals surface area contributed by atoms with E-state index in [0.29, 0.717) is 74.2 Å². The van der Waals surface area contributed by atoms with Gasteiger partial charge in [-0.3, -0.25) is 42.5 Å². The summed E-state index contributed by atoms with van der Waals surface area (Å²) < 4.78 is 67.2. The quantitative estimate of drug-likeness (QED) is 0.00684. The van der Waals surface area contributed by atoms with Crippen molar-refractivity contribution in [2.24, 2.45) is 140 Å². The van der Waals surface area contributed by atoms with Crippen LogP contribution < -0.4 is 16.8 Å². The molecule has 16 fully saturated rings. The number of rotatable bonds is 26. The molecule has 8 N–H and O–H groups in total. The molecule has 121 heavy (non-hydrogen) atoms. The van der Waals surface area contributed by atoms with E-state index < -0.39 is 38.0 Å². The molecule has 24 nitrogen and oxygen atoms in total. The lowest BCUT2D eigenvalue weighted by molar-refractivity contribution is -0.497. The van der Waals surface area contributed by atoms with E-state index in [0.717, 1.165) is 186 Å². The Labute approximate surface area is 757 Å². The van der Waals surface area contributed by atoms with Crippen LogP contribution in [0.15, 0.2) is 11.6 Å². The fraction of sp³-hybridized carbons (Fsp3) is 0.906. The van der Waals surface area contributed by atoms with Crippen LogP contribution in [0, 0.1) is 138 Å². The molecule has 1 heterocycles. The van der Waals surface area contributed by atoms with Crippen LogP contribution in [-0.2, 0) is 71.6 Å². The SMILES string of the molecule is BrC[C@@H]1CC[C@H]1CBr.C.C.C.CCOC(=O)C=C1C[C@@H]2CC[C@H]2C1.CCOC(=O)CC1(CN)C[C@@H]2CC[C@H]2C1.CCOC(=O)CC1(C[N+](=O)[O-])C[C@@H]2CC[C@H]2C1.CS(=O)(=O)OC[C@@H]1CC[C@H]1COS(C)(=O)=O.Cl.NCC1(CC(=O)O)C[C@@H]2CC[C@H]2C1.O=C1CC2(CN1)C[C@@H]1CC[C@H]1C2.O=C1C[C@@H]2CC[C@H]2C1.OC[C@@H]1CC[C@H]1CO.[B][B]B([B])B([B])[B]. The molecule has 0 aromatic heterocycles. The van der Waals surface area contributed by atoms with E-state index in [-0.39, 0.29) is 138 Å². The number of hydrogen-bond acceptors (Lipinski definition) is 21. The second kappa shape index (κ2) is 53.6. The van der Waals surface area contributed by atoms with Crippen molar-refractivity contribution in [3.05, 3.63) is 21.8 Å². The predicted octanol–water partition coefficient (Wildman–Crippen LogP) is 12.4. The summed E-state index contributed by atoms with van der Waals surface area (Å²) in [7, 11) is 14.8. The number of ketones is 1. The van der Waals surface area contributed by atoms with Crippen LogP contribution in [0.2, 0.25) is 0 Å². The van der Waals surface area contributed by atoms with Crippen molar-refractivity contribution in [2.45, 2.75) is 261 Å². The summed E-state index contributed by atoms with van der Waals surface area (Å²) in [5.74, 6) is 12.4. The Kier molecular flexibility index (Phi) is 49.9. The van der Waals surface area contributed by atoms with Gasteiger partial charge in [-0.2, -0.15) is 16.8 Å². The van der Waals surface area contributed by atoms with Gasteiger partial charge in [-0.1, -0.05) is 59.7 Å². The number of carboxylic acids is 1. The van der Waals surface area contributed by atoms with E-state index in [4.69, 9.17) is 71.9 Å². The number of aliphatic hydroxyl groups excluding tert-OH is 2. The molecule has 1 spiro atoms. The lowest BCUT2D eigenvalue weighted by Crippen LogP contribution is -2.43. The highest BCUT2D eigenvalue weighted by Crippen LogP contribution is 2.60. The maximum Gasteiger partial charge on any atom is 0.330 e. The minimum Gasteiger partial charge on any atom is -0.481 e. The van der Waals surface area contributed by atoms with Gasteiger partial charge in [-0.05, 0) is 336 Å². The number of halogens is 3. The number of carbonyl (C=O) groups is 6. The van der Waals surface area contributed by atoms with Crippen molar-refractivity contribution in [1.82, 2.24) is 5.32 Å². The fourth-order valence-electron chi connectivity index (χ4n) is 21.3. The molecule has 16 aliphatic rings. The molecule has 15 saturated carbocycles. The zero-order valence-electron chi connectivity index (χ0n) is 71.1. The number of aliphatic carboxylic acids is 1. The molecule has 1 saturated heterocycles. The van der Waals surface area contributed by atoms with Gasteiger partial charge in [-0.25, -0.2) is 4.79 Å². The summed E-state index contributed by atoms with van der Waals surface area (Å²) in [5, 5.41) is 42.1. The molecule has 0 bridgehead atoms. The first kappa shape index (κ1) is 113. The first-order valence-corrected chi connectivity index (χ1v) is 49.8. The number of fused-ring (bicyclic) bond motifs is 6. The number of nitro groups is 1. The average molecular weight is 1880 g/mol. The number of aliphatic hydroxyl groups is 2. The molecular weight excluding hydrogens is 1730 g/mol. The van der Waals surface area contributed by atoms with Crippen LogP contribution in [-0.4, -0.2) is 219 Å². The number of nitrogens with two attached hydrogens (primary N) is 2. The summed E-state index contributed by atoms with van der Waals surface area (Å²) in [4.78, 5) is 77.3. The van der Waals surface area contributed by atoms with Crippen LogP contribution in [0.1, 0.15) is 261 Å². The molecule has 1 amide bonds. The van der Waals surface area contributed by atoms with Gasteiger partial charge in [0.05, 0.1) is 64.8 Å². The molecule has 683 valence electrons. The number of Topliss-reactive ketones (excluding diaryl/α,β-unsaturated/α-hetero) is 1. The highest BCUT2D eigenvalue weighted by Gasteiger charge is 2.55. The molecule has 0 unspecified atom stereocenters. The van der Waals surface area contributed by atoms with E-state index in [2.05, 4.69) is 45.5 Å². The predicted molar refractivity (Wildman–Crippen MR) is 494 cm³/mol. The van der Waals surface area contributed by atoms with Gasteiger partial charge >= 0.3 is 23.9 Å². The number of nitrogens with one attached hydrogen (secondary N) is 1. The topological polar surface area (TPSA) is 385 Å². The van der Waals surface area contributed by atoms with Gasteiger partial charge in [0.2, 0.25) is 12.5 Å². The highest BCUT2D eigenvalue weighted by molar-refractivity contribution is 9.09. The molecule has 36 heteroatoms. The first-order chi connectivity index (χ1) is 55.4. The zero-order valence-corrected chi connectivity index (χ0v) is 76.7. The third-order valence-electron chi connectivity index (χ3n) is 29.6. The molecule has 18 atom stereocenters. The lowest BCUT2D eigenvalue weighted by atomic mass is 8.76. The number of amides is 1. The Morgan fingerprint density at radius 3 is 1.12 bits per heavy atom. The number of esters is 3. The van der Waals surface area contributed by atoms with Crippen LogP contribution in [0.4, 0.5) is 0 Å². The van der Waals surface area contributed by atoms with Gasteiger partial charge in [0, 0.05) is 117 Å². The summed E-state index contributed by atoms with van der Waals surface area (Å²) >= 11 is 6.97. The van der Waals surface area contributed by atoms with Gasteiger partial charge in [0.25, 0.3) is 20.2 Å². The van der Waals surface area contributed by atoms with Gasteiger partial charge in [0.15, 0.2) is 0 Å². The number of nitrogens with zero attached hydrogens (tertiary/aromatic N) is 1. The standard InChI is InChI=1S/C12H19NO4.C12H21NO2.C11H16O2.C10H17NO2.C10H15NO.C8H16O6S2.C7H10O.C6H10Br2.C6H12O2.3CH4.B7.ClH/c1-2-17-11(14)7-12(8-13(15)16)5-9-3-4-10(9)6-12;1-2-15-11(14)7-12(8-13)5-9-3-4-10(9)6-12;1-2-13-11(12)7-8-5-9-3-4-10(9)6-8;11-6-10(5-9(12)13)3-7-1-2-8(7)4-10;12-9-5-10(6-11-9)3-7-1-2-8(7)4-10;1-15(9,10)13-5-7-3-4-8(7)6-14-16(2,11)12;8-7-3-5-1-2-6(5)4-7;2*7-3-5-1-2-6(5)4-8;;;;1-5-7(4)6(2)3;/h9-10H,2-8H2,1H3;9-10H,2-8,13H2,1H3;7,9-10H,2-6H2,1H3;7-8H,1-6,11H2,(H,12,13);7-8H,1-6H2,(H,11,12);7-8H,3-6H2,1-2H3;2*5-6H,1-4H2;5-8H,1-4H2;3*1H4;;1H/t3*9-,10-;3*7-,8-;3*5-,6-;;;;;/m000000000...../s1. The van der Waals surface area contributed by atoms with Crippen LogP contribution in [0.25, 0.3) is 0 Å². The zero-order chi connectivity index (χ0) is 86.1. The van der Waals surface area contributed by atoms with Crippen molar-refractivity contribution in [3.8, 4) is 0 Å². The minimum atomic E-state index is -3.42. The smallest absolute Gasteiger partial charge is 0.330 e. The van der Waals surface area contributed by atoms with E-state index in [1.54, 1.807) is 13.0 Å². The number of ether oxygens (including phenoxy) is 3. The van der Waals surface area contributed by atoms with Crippen molar-refractivity contribution >= 4 is 151 Å². The average Bonchev–Trinajstić information content (AvgIpc) is 1.61. The number of carboxylic acid groups (broad SMARTS) is 1. The normalized spacial score (nSPS) is 31.0. The van der Waals surface area contributed by atoms with Gasteiger partial charge in [0.1, 0.15) is 5.78 Å². The van der Waals surface area contributed by atoms with Crippen LogP contribution >= 0.6 is 44.3 Å². The molecule has 0 aromatic rings. The Hall–Kier alpha value is -2.48. The number of hydrogen-bond donors (Lipinski definition) is 6. The van der Waals surface area contributed by atoms with Crippen molar-refractivity contribution < 1.29 is 88.4 Å². The Morgan fingerprint density at radius 1 is 0.545 bits per heavy atom. The largest absolute Gasteiger partial charge is 0.481 e. The first-order valence-electron chi connectivity index (χ1n) is 44.0. The summed E-state index contributed by atoms with van der Waals surface area (Å²) in [6.07, 6.45) is 40.1.